The van der Waals surface area contributed by atoms with E-state index in [-0.39, 0.29) is 11.8 Å². The normalized spacial score (nSPS) is 15.2. The second-order valence-electron chi connectivity index (χ2n) is 7.20. The summed E-state index contributed by atoms with van der Waals surface area (Å²) in [4.78, 5) is 32.0. The molecular weight excluding hydrogens is 326 g/mol. The third kappa shape index (κ3) is 4.34. The van der Waals surface area contributed by atoms with Crippen LogP contribution >= 0.6 is 0 Å². The van der Waals surface area contributed by atoms with Gasteiger partial charge in [-0.1, -0.05) is 26.0 Å². The molecule has 1 N–H and O–H groups in total. The Kier molecular flexibility index (Phi) is 5.76. The lowest BCUT2D eigenvalue weighted by Crippen LogP contribution is -2.37. The number of carbonyl (C=O) groups excluding carboxylic acids is 2. The van der Waals surface area contributed by atoms with Crippen LogP contribution in [0.2, 0.25) is 0 Å². The van der Waals surface area contributed by atoms with Gasteiger partial charge in [0, 0.05) is 44.1 Å². The van der Waals surface area contributed by atoms with Crippen LogP contribution in [0.1, 0.15) is 47.7 Å². The predicted molar refractivity (Wildman–Crippen MR) is 102 cm³/mol. The average molecular weight is 353 g/mol. The minimum absolute atomic E-state index is 0.0558. The Morgan fingerprint density at radius 1 is 1.00 bits per heavy atom. The van der Waals surface area contributed by atoms with Crippen molar-refractivity contribution in [2.75, 3.05) is 26.2 Å². The molecule has 5 heteroatoms. The van der Waals surface area contributed by atoms with E-state index in [0.717, 1.165) is 17.5 Å². The van der Waals surface area contributed by atoms with E-state index in [1.54, 1.807) is 0 Å². The fourth-order valence-corrected chi connectivity index (χ4v) is 3.32. The molecule has 1 fully saturated rings. The monoisotopic (exact) mass is 353 g/mol. The first-order chi connectivity index (χ1) is 12.5. The van der Waals surface area contributed by atoms with E-state index in [4.69, 9.17) is 0 Å². The fraction of sp³-hybridized carbons (Fsp3) is 0.429. The van der Waals surface area contributed by atoms with E-state index in [1.165, 1.54) is 5.56 Å². The zero-order chi connectivity index (χ0) is 18.5. The summed E-state index contributed by atoms with van der Waals surface area (Å²) >= 11 is 0. The molecule has 0 bridgehead atoms. The van der Waals surface area contributed by atoms with Crippen molar-refractivity contribution < 1.29 is 9.59 Å². The van der Waals surface area contributed by atoms with Gasteiger partial charge in [-0.15, -0.1) is 0 Å². The number of carbonyl (C=O) groups is 2. The van der Waals surface area contributed by atoms with Crippen LogP contribution < -0.4 is 0 Å². The molecular formula is C21H27N3O2. The smallest absolute Gasteiger partial charge is 0.253 e. The number of amides is 2. The summed E-state index contributed by atoms with van der Waals surface area (Å²) in [6.45, 7) is 6.87. The van der Waals surface area contributed by atoms with Crippen LogP contribution in [0.25, 0.3) is 0 Å². The topological polar surface area (TPSA) is 56.4 Å². The second kappa shape index (κ2) is 8.21. The lowest BCUT2D eigenvalue weighted by molar-refractivity contribution is -0.130. The summed E-state index contributed by atoms with van der Waals surface area (Å²) in [6.07, 6.45) is 4.91. The molecule has 2 heterocycles. The van der Waals surface area contributed by atoms with Crippen molar-refractivity contribution in [1.82, 2.24) is 14.8 Å². The number of benzene rings is 1. The van der Waals surface area contributed by atoms with Gasteiger partial charge in [0.05, 0.1) is 6.42 Å². The summed E-state index contributed by atoms with van der Waals surface area (Å²) in [5.74, 6) is 0.636. The molecule has 1 aromatic heterocycles. The first kappa shape index (κ1) is 18.2. The predicted octanol–water partition coefficient (Wildman–Crippen LogP) is 3.06. The van der Waals surface area contributed by atoms with Gasteiger partial charge in [-0.25, -0.2) is 0 Å². The molecule has 26 heavy (non-hydrogen) atoms. The largest absolute Gasteiger partial charge is 0.367 e. The number of hydrogen-bond donors (Lipinski definition) is 1. The van der Waals surface area contributed by atoms with Crippen molar-refractivity contribution in [3.63, 3.8) is 0 Å². The van der Waals surface area contributed by atoms with Crippen molar-refractivity contribution in [1.29, 1.82) is 0 Å². The van der Waals surface area contributed by atoms with Crippen LogP contribution in [0.3, 0.4) is 0 Å². The standard InChI is InChI=1S/C21H27N3O2/c1-16(2)18-4-6-19(7-5-18)21(26)24-11-3-10-23(12-13-24)20(25)14-17-8-9-22-15-17/h4-9,15-16,22H,3,10-14H2,1-2H3. The molecule has 2 amide bonds. The van der Waals surface area contributed by atoms with Gasteiger partial charge in [-0.05, 0) is 41.7 Å². The van der Waals surface area contributed by atoms with Gasteiger partial charge >= 0.3 is 0 Å². The Morgan fingerprint density at radius 3 is 2.35 bits per heavy atom. The van der Waals surface area contributed by atoms with Crippen molar-refractivity contribution in [3.8, 4) is 0 Å². The van der Waals surface area contributed by atoms with Crippen LogP contribution in [0.5, 0.6) is 0 Å². The summed E-state index contributed by atoms with van der Waals surface area (Å²) in [5.41, 5.74) is 2.96. The number of aromatic nitrogens is 1. The molecule has 0 radical (unpaired) electrons. The third-order valence-corrected chi connectivity index (χ3v) is 4.98. The van der Waals surface area contributed by atoms with E-state index in [0.29, 0.717) is 38.5 Å². The minimum atomic E-state index is 0.0558. The molecule has 0 unspecified atom stereocenters. The maximum atomic E-state index is 12.8. The highest BCUT2D eigenvalue weighted by atomic mass is 16.2. The van der Waals surface area contributed by atoms with Gasteiger partial charge in [0.25, 0.3) is 5.91 Å². The summed E-state index contributed by atoms with van der Waals surface area (Å²) in [7, 11) is 0. The van der Waals surface area contributed by atoms with Crippen molar-refractivity contribution in [2.45, 2.75) is 32.6 Å². The molecule has 5 nitrogen and oxygen atoms in total. The number of nitrogens with zero attached hydrogens (tertiary/aromatic N) is 2. The Morgan fingerprint density at radius 2 is 1.69 bits per heavy atom. The van der Waals surface area contributed by atoms with E-state index >= 15 is 0 Å². The van der Waals surface area contributed by atoms with E-state index in [9.17, 15) is 9.59 Å². The molecule has 138 valence electrons. The first-order valence-electron chi connectivity index (χ1n) is 9.33. The lowest BCUT2D eigenvalue weighted by Gasteiger charge is -2.22. The van der Waals surface area contributed by atoms with Gasteiger partial charge in [-0.2, -0.15) is 0 Å². The Hall–Kier alpha value is -2.56. The highest BCUT2D eigenvalue weighted by molar-refractivity contribution is 5.94. The number of nitrogens with one attached hydrogen (secondary N) is 1. The number of H-pyrrole nitrogens is 1. The van der Waals surface area contributed by atoms with Gasteiger partial charge < -0.3 is 14.8 Å². The molecule has 0 saturated carbocycles. The van der Waals surface area contributed by atoms with Crippen LogP contribution in [0.4, 0.5) is 0 Å². The maximum absolute atomic E-state index is 12.8. The van der Waals surface area contributed by atoms with Crippen LogP contribution in [0, 0.1) is 0 Å². The van der Waals surface area contributed by atoms with Crippen LogP contribution in [-0.4, -0.2) is 52.8 Å². The number of hydrogen-bond acceptors (Lipinski definition) is 2. The molecule has 0 spiro atoms. The second-order valence-corrected chi connectivity index (χ2v) is 7.20. The van der Waals surface area contributed by atoms with Gasteiger partial charge in [-0.3, -0.25) is 9.59 Å². The number of rotatable bonds is 4. The maximum Gasteiger partial charge on any atom is 0.253 e. The molecule has 1 saturated heterocycles. The minimum Gasteiger partial charge on any atom is -0.367 e. The molecule has 0 aliphatic carbocycles. The van der Waals surface area contributed by atoms with E-state index in [1.807, 2.05) is 52.5 Å². The molecule has 2 aromatic rings. The molecule has 3 rings (SSSR count). The SMILES string of the molecule is CC(C)c1ccc(C(=O)N2CCCN(C(=O)Cc3cc[nH]c3)CC2)cc1. The van der Waals surface area contributed by atoms with Crippen LogP contribution in [0.15, 0.2) is 42.7 Å². The zero-order valence-corrected chi connectivity index (χ0v) is 15.6. The van der Waals surface area contributed by atoms with Crippen molar-refractivity contribution in [3.05, 3.63) is 59.4 Å². The zero-order valence-electron chi connectivity index (χ0n) is 15.6. The highest BCUT2D eigenvalue weighted by Gasteiger charge is 2.23. The average Bonchev–Trinajstić information content (AvgIpc) is 3.02. The fourth-order valence-electron chi connectivity index (χ4n) is 3.32. The Labute approximate surface area is 155 Å². The van der Waals surface area contributed by atoms with Crippen molar-refractivity contribution in [2.24, 2.45) is 0 Å². The molecule has 1 aliphatic rings. The van der Waals surface area contributed by atoms with Gasteiger partial charge in [0.15, 0.2) is 0 Å². The Balaban J connectivity index is 1.59. The highest BCUT2D eigenvalue weighted by Crippen LogP contribution is 2.16. The first-order valence-corrected chi connectivity index (χ1v) is 9.33. The molecule has 1 aliphatic heterocycles. The van der Waals surface area contributed by atoms with E-state index < -0.39 is 0 Å². The quantitative estimate of drug-likeness (QED) is 0.918. The Bertz CT molecular complexity index is 735. The summed E-state index contributed by atoms with van der Waals surface area (Å²) in [5, 5.41) is 0. The van der Waals surface area contributed by atoms with E-state index in [2.05, 4.69) is 18.8 Å². The van der Waals surface area contributed by atoms with Crippen molar-refractivity contribution >= 4 is 11.8 Å². The summed E-state index contributed by atoms with van der Waals surface area (Å²) < 4.78 is 0. The van der Waals surface area contributed by atoms with Gasteiger partial charge in [0.2, 0.25) is 5.91 Å². The third-order valence-electron chi connectivity index (χ3n) is 4.98. The lowest BCUT2D eigenvalue weighted by atomic mass is 10.0. The molecule has 1 aromatic carbocycles. The van der Waals surface area contributed by atoms with Crippen LogP contribution in [-0.2, 0) is 11.2 Å². The van der Waals surface area contributed by atoms with Gasteiger partial charge in [0.1, 0.15) is 0 Å². The molecule has 0 atom stereocenters. The summed E-state index contributed by atoms with van der Waals surface area (Å²) in [6, 6.07) is 9.81. The number of aromatic amines is 1.